The summed E-state index contributed by atoms with van der Waals surface area (Å²) in [6.07, 6.45) is 0. The van der Waals surface area contributed by atoms with E-state index < -0.39 is 0 Å². The maximum Gasteiger partial charge on any atom is 0.143 e. The molecule has 1 aromatic heterocycles. The number of hydrogen-bond acceptors (Lipinski definition) is 4. The molecule has 0 radical (unpaired) electrons. The topological polar surface area (TPSA) is 38.2 Å². The van der Waals surface area contributed by atoms with Crippen molar-refractivity contribution in [1.82, 2.24) is 14.9 Å². The first kappa shape index (κ1) is 15.4. The second-order valence-corrected chi connectivity index (χ2v) is 4.35. The average molecular weight is 261 g/mol. The lowest BCUT2D eigenvalue weighted by atomic mass is 10.2. The summed E-state index contributed by atoms with van der Waals surface area (Å²) in [4.78, 5) is 11.1. The molecule has 104 valence electrons. The molecule has 2 aromatic rings. The zero-order valence-corrected chi connectivity index (χ0v) is 12.7. The third-order valence-corrected chi connectivity index (χ3v) is 2.60. The predicted molar refractivity (Wildman–Crippen MR) is 79.6 cm³/mol. The van der Waals surface area contributed by atoms with E-state index in [0.717, 1.165) is 34.7 Å². The van der Waals surface area contributed by atoms with Gasteiger partial charge in [-0.2, -0.15) is 0 Å². The van der Waals surface area contributed by atoms with Crippen LogP contribution in [0.1, 0.15) is 25.4 Å². The molecule has 0 unspecified atom stereocenters. The highest BCUT2D eigenvalue weighted by molar-refractivity contribution is 5.82. The summed E-state index contributed by atoms with van der Waals surface area (Å²) in [5.74, 6) is 1.67. The van der Waals surface area contributed by atoms with Crippen LogP contribution in [0.4, 0.5) is 0 Å². The van der Waals surface area contributed by atoms with Crippen LogP contribution in [0.15, 0.2) is 18.2 Å². The van der Waals surface area contributed by atoms with Crippen LogP contribution in [0.3, 0.4) is 0 Å². The second kappa shape index (κ2) is 7.04. The van der Waals surface area contributed by atoms with Crippen LogP contribution in [-0.4, -0.2) is 36.1 Å². The smallest absolute Gasteiger partial charge is 0.143 e. The van der Waals surface area contributed by atoms with Crippen LogP contribution < -0.4 is 4.74 Å². The predicted octanol–water partition coefficient (Wildman–Crippen LogP) is 3.03. The molecule has 0 spiro atoms. The molecule has 1 heterocycles. The van der Waals surface area contributed by atoms with Gasteiger partial charge in [-0.15, -0.1) is 0 Å². The Hall–Kier alpha value is -1.68. The Labute approximate surface area is 115 Å². The van der Waals surface area contributed by atoms with Gasteiger partial charge in [0.25, 0.3) is 0 Å². The average Bonchev–Trinajstić information content (AvgIpc) is 2.39. The molecule has 0 saturated heterocycles. The minimum Gasteiger partial charge on any atom is -0.497 e. The Morgan fingerprint density at radius 2 is 1.84 bits per heavy atom. The van der Waals surface area contributed by atoms with E-state index in [1.807, 2.05) is 53.1 Å². The van der Waals surface area contributed by atoms with E-state index in [0.29, 0.717) is 0 Å². The lowest BCUT2D eigenvalue weighted by Gasteiger charge is -2.10. The Kier molecular flexibility index (Phi) is 5.70. The van der Waals surface area contributed by atoms with Crippen molar-refractivity contribution in [3.8, 4) is 5.75 Å². The summed E-state index contributed by atoms with van der Waals surface area (Å²) in [5.41, 5.74) is 1.95. The van der Waals surface area contributed by atoms with E-state index in [-0.39, 0.29) is 0 Å². The molecule has 0 aliphatic carbocycles. The number of aromatic nitrogens is 2. The number of ether oxygens (including phenoxy) is 1. The van der Waals surface area contributed by atoms with Gasteiger partial charge in [0.15, 0.2) is 0 Å². The molecule has 0 aliphatic heterocycles. The largest absolute Gasteiger partial charge is 0.497 e. The summed E-state index contributed by atoms with van der Waals surface area (Å²) in [6.45, 7) is 6.75. The van der Waals surface area contributed by atoms with Crippen LogP contribution in [0.25, 0.3) is 10.9 Å². The zero-order valence-electron chi connectivity index (χ0n) is 12.7. The van der Waals surface area contributed by atoms with Gasteiger partial charge in [-0.05, 0) is 33.2 Å². The van der Waals surface area contributed by atoms with E-state index in [2.05, 4.69) is 14.9 Å². The number of methoxy groups -OCH3 is 1. The van der Waals surface area contributed by atoms with Crippen molar-refractivity contribution in [1.29, 1.82) is 0 Å². The van der Waals surface area contributed by atoms with Gasteiger partial charge < -0.3 is 9.64 Å². The van der Waals surface area contributed by atoms with Gasteiger partial charge in [-0.3, -0.25) is 0 Å². The number of nitrogens with zero attached hydrogens (tertiary/aromatic N) is 3. The lowest BCUT2D eigenvalue weighted by molar-refractivity contribution is 0.390. The number of fused-ring (bicyclic) bond motifs is 1. The van der Waals surface area contributed by atoms with Crippen molar-refractivity contribution < 1.29 is 4.74 Å². The molecule has 0 N–H and O–H groups in total. The number of rotatable bonds is 3. The summed E-state index contributed by atoms with van der Waals surface area (Å²) in [5, 5.41) is 1.08. The van der Waals surface area contributed by atoms with Crippen LogP contribution in [0, 0.1) is 6.92 Å². The molecule has 0 amide bonds. The molecular formula is C15H23N3O. The van der Waals surface area contributed by atoms with Crippen LogP contribution in [-0.2, 0) is 6.54 Å². The Balaban J connectivity index is 0.000000861. The number of aryl methyl sites for hydroxylation is 1. The van der Waals surface area contributed by atoms with Crippen molar-refractivity contribution in [3.05, 3.63) is 29.7 Å². The van der Waals surface area contributed by atoms with Gasteiger partial charge in [-0.1, -0.05) is 13.8 Å². The maximum absolute atomic E-state index is 5.21. The third kappa shape index (κ3) is 3.89. The molecule has 0 atom stereocenters. The summed E-state index contributed by atoms with van der Waals surface area (Å²) in [7, 11) is 5.68. The second-order valence-electron chi connectivity index (χ2n) is 4.35. The molecule has 4 nitrogen and oxygen atoms in total. The zero-order chi connectivity index (χ0) is 14.4. The number of benzene rings is 1. The Morgan fingerprint density at radius 1 is 1.16 bits per heavy atom. The summed E-state index contributed by atoms with van der Waals surface area (Å²) >= 11 is 0. The normalized spacial score (nSPS) is 10.3. The van der Waals surface area contributed by atoms with Gasteiger partial charge in [0.1, 0.15) is 11.6 Å². The molecule has 4 heteroatoms. The van der Waals surface area contributed by atoms with Crippen LogP contribution in [0.5, 0.6) is 5.75 Å². The van der Waals surface area contributed by atoms with Crippen LogP contribution >= 0.6 is 0 Å². The fourth-order valence-electron chi connectivity index (χ4n) is 1.81. The van der Waals surface area contributed by atoms with Crippen molar-refractivity contribution in [3.63, 3.8) is 0 Å². The number of hydrogen-bond donors (Lipinski definition) is 0. The standard InChI is InChI=1S/C13H17N3O.C2H6/c1-9-11-6-5-10(17-4)7-12(11)15-13(14-9)8-16(2)3;1-2/h5-7H,8H2,1-4H3;1-2H3. The van der Waals surface area contributed by atoms with Crippen molar-refractivity contribution in [2.45, 2.75) is 27.3 Å². The minimum atomic E-state index is 0.744. The van der Waals surface area contributed by atoms with Crippen molar-refractivity contribution >= 4 is 10.9 Å². The lowest BCUT2D eigenvalue weighted by Crippen LogP contribution is -2.13. The van der Waals surface area contributed by atoms with E-state index in [9.17, 15) is 0 Å². The van der Waals surface area contributed by atoms with E-state index >= 15 is 0 Å². The van der Waals surface area contributed by atoms with Gasteiger partial charge in [-0.25, -0.2) is 9.97 Å². The molecular weight excluding hydrogens is 238 g/mol. The molecule has 0 saturated carbocycles. The molecule has 0 bridgehead atoms. The monoisotopic (exact) mass is 261 g/mol. The summed E-state index contributed by atoms with van der Waals surface area (Å²) < 4.78 is 5.21. The minimum absolute atomic E-state index is 0.744. The Bertz CT molecular complexity index is 538. The fraction of sp³-hybridized carbons (Fsp3) is 0.467. The van der Waals surface area contributed by atoms with Gasteiger partial charge in [0, 0.05) is 17.1 Å². The third-order valence-electron chi connectivity index (χ3n) is 2.60. The highest BCUT2D eigenvalue weighted by atomic mass is 16.5. The maximum atomic E-state index is 5.21. The fourth-order valence-corrected chi connectivity index (χ4v) is 1.81. The SMILES string of the molecule is CC.COc1ccc2c(C)nc(CN(C)C)nc2c1. The highest BCUT2D eigenvalue weighted by Gasteiger charge is 2.06. The molecule has 19 heavy (non-hydrogen) atoms. The van der Waals surface area contributed by atoms with Gasteiger partial charge in [0.2, 0.25) is 0 Å². The van der Waals surface area contributed by atoms with E-state index in [1.54, 1.807) is 7.11 Å². The highest BCUT2D eigenvalue weighted by Crippen LogP contribution is 2.21. The molecule has 2 rings (SSSR count). The van der Waals surface area contributed by atoms with E-state index in [1.165, 1.54) is 0 Å². The summed E-state index contributed by atoms with van der Waals surface area (Å²) in [6, 6.07) is 5.89. The van der Waals surface area contributed by atoms with Crippen molar-refractivity contribution in [2.75, 3.05) is 21.2 Å². The first-order valence-corrected chi connectivity index (χ1v) is 6.56. The van der Waals surface area contributed by atoms with Crippen molar-refractivity contribution in [2.24, 2.45) is 0 Å². The Morgan fingerprint density at radius 3 is 2.42 bits per heavy atom. The van der Waals surface area contributed by atoms with Gasteiger partial charge in [0.05, 0.1) is 19.2 Å². The van der Waals surface area contributed by atoms with E-state index in [4.69, 9.17) is 4.74 Å². The van der Waals surface area contributed by atoms with Gasteiger partial charge >= 0.3 is 0 Å². The van der Waals surface area contributed by atoms with Crippen LogP contribution in [0.2, 0.25) is 0 Å². The quantitative estimate of drug-likeness (QED) is 0.851. The first-order valence-electron chi connectivity index (χ1n) is 6.56. The molecule has 0 fully saturated rings. The molecule has 0 aliphatic rings. The molecule has 1 aromatic carbocycles. The first-order chi connectivity index (χ1) is 9.10.